The van der Waals surface area contributed by atoms with Crippen molar-refractivity contribution in [3.05, 3.63) is 95.3 Å². The molecule has 5 nitrogen and oxygen atoms in total. The van der Waals surface area contributed by atoms with Gasteiger partial charge in [-0.15, -0.1) is 0 Å². The maximum atomic E-state index is 13.3. The van der Waals surface area contributed by atoms with E-state index < -0.39 is 5.97 Å². The largest absolute Gasteiger partial charge is 0.462 e. The molecule has 0 radical (unpaired) electrons. The van der Waals surface area contributed by atoms with Crippen LogP contribution in [0.4, 0.5) is 15.8 Å². The molecule has 0 spiro atoms. The van der Waals surface area contributed by atoms with Crippen LogP contribution in [-0.4, -0.2) is 18.5 Å². The number of benzene rings is 3. The van der Waals surface area contributed by atoms with Gasteiger partial charge in [-0.3, -0.25) is 4.79 Å². The lowest BCUT2D eigenvalue weighted by molar-refractivity contribution is -0.110. The van der Waals surface area contributed by atoms with Gasteiger partial charge in [-0.2, -0.15) is 0 Å². The third-order valence-corrected chi connectivity index (χ3v) is 4.70. The Hall–Kier alpha value is -3.93. The first-order valence-corrected chi connectivity index (χ1v) is 9.52. The molecule has 0 aromatic heterocycles. The van der Waals surface area contributed by atoms with E-state index in [1.54, 1.807) is 37.3 Å². The van der Waals surface area contributed by atoms with Crippen LogP contribution in [0.1, 0.15) is 28.4 Å². The minimum atomic E-state index is -0.445. The van der Waals surface area contributed by atoms with Gasteiger partial charge in [0.05, 0.1) is 29.1 Å². The minimum absolute atomic E-state index is 0.271. The Labute approximate surface area is 173 Å². The highest BCUT2D eigenvalue weighted by Crippen LogP contribution is 2.38. The summed E-state index contributed by atoms with van der Waals surface area (Å²) in [6, 6.07) is 20.3. The summed E-state index contributed by atoms with van der Waals surface area (Å²) in [5.41, 5.74) is 4.04. The van der Waals surface area contributed by atoms with E-state index >= 15 is 0 Å². The van der Waals surface area contributed by atoms with E-state index in [1.165, 1.54) is 12.1 Å². The van der Waals surface area contributed by atoms with Gasteiger partial charge in [0.15, 0.2) is 0 Å². The Morgan fingerprint density at radius 2 is 1.73 bits per heavy atom. The summed E-state index contributed by atoms with van der Waals surface area (Å²) in [6.45, 7) is 2.01. The molecule has 150 valence electrons. The molecular weight excluding hydrogens is 383 g/mol. The van der Waals surface area contributed by atoms with Crippen molar-refractivity contribution in [3.63, 3.8) is 0 Å². The Morgan fingerprint density at radius 3 is 2.43 bits per heavy atom. The summed E-state index contributed by atoms with van der Waals surface area (Å²) in [7, 11) is 0. The molecule has 1 amide bonds. The third kappa shape index (κ3) is 3.80. The maximum Gasteiger partial charge on any atom is 0.338 e. The molecule has 0 saturated heterocycles. The molecule has 0 aliphatic carbocycles. The van der Waals surface area contributed by atoms with Gasteiger partial charge in [0.2, 0.25) is 0 Å². The Balaban J connectivity index is 1.83. The van der Waals surface area contributed by atoms with Crippen LogP contribution in [0.25, 0.3) is 11.3 Å². The average molecular weight is 402 g/mol. The normalized spacial score (nSPS) is 14.0. The number of nitrogens with one attached hydrogen (secondary N) is 2. The van der Waals surface area contributed by atoms with E-state index in [0.29, 0.717) is 33.8 Å². The highest BCUT2D eigenvalue weighted by Gasteiger charge is 2.29. The van der Waals surface area contributed by atoms with Crippen molar-refractivity contribution >= 4 is 34.5 Å². The van der Waals surface area contributed by atoms with E-state index in [-0.39, 0.29) is 18.3 Å². The SMILES string of the molecule is CCOC(=O)c1ccc2c(c1)NC(=O)/C2=C(\Nc1ccc(F)cc1)c1ccccc1. The molecule has 6 heteroatoms. The fourth-order valence-corrected chi connectivity index (χ4v) is 3.32. The molecule has 0 atom stereocenters. The number of hydrogen-bond acceptors (Lipinski definition) is 4. The fourth-order valence-electron chi connectivity index (χ4n) is 3.32. The van der Waals surface area contributed by atoms with Gasteiger partial charge < -0.3 is 15.4 Å². The van der Waals surface area contributed by atoms with Crippen LogP contribution in [-0.2, 0) is 9.53 Å². The molecule has 1 aliphatic rings. The van der Waals surface area contributed by atoms with Crippen LogP contribution >= 0.6 is 0 Å². The molecule has 0 fully saturated rings. The smallest absolute Gasteiger partial charge is 0.338 e. The van der Waals surface area contributed by atoms with Crippen molar-refractivity contribution in [1.82, 2.24) is 0 Å². The summed E-state index contributed by atoms with van der Waals surface area (Å²) in [6.07, 6.45) is 0. The van der Waals surface area contributed by atoms with Crippen molar-refractivity contribution in [2.45, 2.75) is 6.92 Å². The van der Waals surface area contributed by atoms with Crippen LogP contribution in [0.15, 0.2) is 72.8 Å². The zero-order valence-electron chi connectivity index (χ0n) is 16.2. The second kappa shape index (κ2) is 8.21. The molecule has 1 heterocycles. The summed E-state index contributed by atoms with van der Waals surface area (Å²) in [4.78, 5) is 25.0. The number of halogens is 1. The average Bonchev–Trinajstić information content (AvgIpc) is 3.09. The van der Waals surface area contributed by atoms with E-state index in [9.17, 15) is 14.0 Å². The minimum Gasteiger partial charge on any atom is -0.462 e. The number of fused-ring (bicyclic) bond motifs is 1. The predicted octanol–water partition coefficient (Wildman–Crippen LogP) is 4.93. The topological polar surface area (TPSA) is 67.4 Å². The van der Waals surface area contributed by atoms with Crippen molar-refractivity contribution < 1.29 is 18.7 Å². The number of amides is 1. The molecule has 0 saturated carbocycles. The molecule has 2 N–H and O–H groups in total. The van der Waals surface area contributed by atoms with Crippen molar-refractivity contribution in [2.24, 2.45) is 0 Å². The lowest BCUT2D eigenvalue weighted by Crippen LogP contribution is -2.10. The summed E-state index contributed by atoms with van der Waals surface area (Å²) < 4.78 is 18.4. The summed E-state index contributed by atoms with van der Waals surface area (Å²) in [5.74, 6) is -1.08. The van der Waals surface area contributed by atoms with E-state index in [4.69, 9.17) is 4.74 Å². The number of rotatable bonds is 5. The zero-order chi connectivity index (χ0) is 21.1. The van der Waals surface area contributed by atoms with Gasteiger partial charge in [0.1, 0.15) is 5.82 Å². The van der Waals surface area contributed by atoms with Crippen molar-refractivity contribution in [1.29, 1.82) is 0 Å². The first kappa shape index (κ1) is 19.4. The number of carbonyl (C=O) groups is 2. The van der Waals surface area contributed by atoms with Crippen molar-refractivity contribution in [2.75, 3.05) is 17.2 Å². The molecule has 0 bridgehead atoms. The number of carbonyl (C=O) groups excluding carboxylic acids is 2. The number of anilines is 2. The first-order chi connectivity index (χ1) is 14.6. The van der Waals surface area contributed by atoms with Gasteiger partial charge in [0, 0.05) is 11.3 Å². The predicted molar refractivity (Wildman–Crippen MR) is 114 cm³/mol. The molecule has 3 aromatic rings. The number of esters is 1. The van der Waals surface area contributed by atoms with E-state index in [0.717, 1.165) is 5.56 Å². The number of ether oxygens (including phenoxy) is 1. The summed E-state index contributed by atoms with van der Waals surface area (Å²) >= 11 is 0. The van der Waals surface area contributed by atoms with Gasteiger partial charge in [-0.05, 0) is 48.9 Å². The van der Waals surface area contributed by atoms with Crippen LogP contribution in [0, 0.1) is 5.82 Å². The zero-order valence-corrected chi connectivity index (χ0v) is 16.2. The molecule has 4 rings (SSSR count). The number of hydrogen-bond donors (Lipinski definition) is 2. The molecule has 30 heavy (non-hydrogen) atoms. The second-order valence-electron chi connectivity index (χ2n) is 6.68. The Kier molecular flexibility index (Phi) is 5.30. The lowest BCUT2D eigenvalue weighted by Gasteiger charge is -2.15. The first-order valence-electron chi connectivity index (χ1n) is 9.52. The van der Waals surface area contributed by atoms with Gasteiger partial charge in [0.25, 0.3) is 5.91 Å². The molecule has 3 aromatic carbocycles. The van der Waals surface area contributed by atoms with Crippen LogP contribution in [0.3, 0.4) is 0 Å². The lowest BCUT2D eigenvalue weighted by atomic mass is 9.99. The molecule has 1 aliphatic heterocycles. The standard InChI is InChI=1S/C24H19FN2O3/c1-2-30-24(29)16-8-13-19-20(14-16)27-23(28)21(19)22(15-6-4-3-5-7-15)26-18-11-9-17(25)10-12-18/h3-14,26H,2H2,1H3,(H,27,28)/b22-21-. The van der Waals surface area contributed by atoms with E-state index in [1.807, 2.05) is 30.3 Å². The fraction of sp³-hybridized carbons (Fsp3) is 0.0833. The molecule has 0 unspecified atom stereocenters. The highest BCUT2D eigenvalue weighted by atomic mass is 19.1. The third-order valence-electron chi connectivity index (χ3n) is 4.70. The monoisotopic (exact) mass is 402 g/mol. The highest BCUT2D eigenvalue weighted by molar-refractivity contribution is 6.37. The van der Waals surface area contributed by atoms with Gasteiger partial charge in [-0.1, -0.05) is 36.4 Å². The van der Waals surface area contributed by atoms with Crippen LogP contribution in [0.5, 0.6) is 0 Å². The Bertz CT molecular complexity index is 1140. The van der Waals surface area contributed by atoms with Gasteiger partial charge >= 0.3 is 5.97 Å². The van der Waals surface area contributed by atoms with Crippen LogP contribution < -0.4 is 10.6 Å². The van der Waals surface area contributed by atoms with Crippen molar-refractivity contribution in [3.8, 4) is 0 Å². The Morgan fingerprint density at radius 1 is 1.00 bits per heavy atom. The quantitative estimate of drug-likeness (QED) is 0.469. The molecular formula is C24H19FN2O3. The van der Waals surface area contributed by atoms with Gasteiger partial charge in [-0.25, -0.2) is 9.18 Å². The van der Waals surface area contributed by atoms with Crippen LogP contribution in [0.2, 0.25) is 0 Å². The van der Waals surface area contributed by atoms with E-state index in [2.05, 4.69) is 10.6 Å². The second-order valence-corrected chi connectivity index (χ2v) is 6.68. The maximum absolute atomic E-state index is 13.3. The summed E-state index contributed by atoms with van der Waals surface area (Å²) in [5, 5.41) is 6.08.